The first-order chi connectivity index (χ1) is 21.5. The Morgan fingerprint density at radius 2 is 2.02 bits per heavy atom. The van der Waals surface area contributed by atoms with Crippen LogP contribution in [0.2, 0.25) is 5.15 Å². The van der Waals surface area contributed by atoms with Gasteiger partial charge in [0.15, 0.2) is 23.5 Å². The van der Waals surface area contributed by atoms with Crippen LogP contribution in [0.1, 0.15) is 56.9 Å². The van der Waals surface area contributed by atoms with E-state index < -0.39 is 34.5 Å². The summed E-state index contributed by atoms with van der Waals surface area (Å²) >= 11 is 6.76. The lowest BCUT2D eigenvalue weighted by molar-refractivity contribution is -0.145. The number of ether oxygens (including phenoxy) is 2. The number of esters is 1. The lowest BCUT2D eigenvalue weighted by atomic mass is 9.47. The molecule has 1 aliphatic heterocycles. The first kappa shape index (κ1) is 33.7. The maximum absolute atomic E-state index is 14.7. The molecule has 0 spiro atoms. The molecule has 3 atom stereocenters. The van der Waals surface area contributed by atoms with Crippen LogP contribution in [-0.2, 0) is 27.1 Å². The van der Waals surface area contributed by atoms with Crippen molar-refractivity contribution in [3.05, 3.63) is 64.3 Å². The third-order valence-corrected chi connectivity index (χ3v) is 8.37. The molecule has 16 heteroatoms. The fraction of sp³-hybridized carbons (Fsp3) is 0.400. The van der Waals surface area contributed by atoms with Gasteiger partial charge in [0.1, 0.15) is 18.0 Å². The predicted octanol–water partition coefficient (Wildman–Crippen LogP) is 3.38. The Morgan fingerprint density at radius 1 is 1.30 bits per heavy atom. The Bertz CT molecular complexity index is 1790. The molecule has 0 aliphatic carbocycles. The van der Waals surface area contributed by atoms with Crippen molar-refractivity contribution in [1.29, 1.82) is 0 Å². The predicted molar refractivity (Wildman–Crippen MR) is 178 cm³/mol. The molecule has 8 radical (unpaired) electrons. The van der Waals surface area contributed by atoms with Gasteiger partial charge in [0.25, 0.3) is 0 Å². The summed E-state index contributed by atoms with van der Waals surface area (Å²) in [5.41, 5.74) is 8.60. The van der Waals surface area contributed by atoms with E-state index in [4.69, 9.17) is 58.2 Å². The molecule has 0 amide bonds. The number of hydrogen-bond acceptors (Lipinski definition) is 8. The van der Waals surface area contributed by atoms with Crippen LogP contribution in [0.5, 0.6) is 5.75 Å². The molecule has 0 fully saturated rings. The van der Waals surface area contributed by atoms with Gasteiger partial charge in [0.2, 0.25) is 0 Å². The van der Waals surface area contributed by atoms with Crippen LogP contribution in [0.25, 0.3) is 22.5 Å². The number of benzene rings is 1. The molecule has 3 N–H and O–H groups in total. The number of anilines is 1. The number of nitrogens with two attached hydrogens (primary N) is 1. The van der Waals surface area contributed by atoms with E-state index in [1.165, 1.54) is 29.9 Å². The zero-order valence-corrected chi connectivity index (χ0v) is 27.0. The molecule has 1 aliphatic rings. The summed E-state index contributed by atoms with van der Waals surface area (Å²) in [7, 11) is 28.3. The topological polar surface area (TPSA) is 122 Å². The molecule has 10 nitrogen and oxygen atoms in total. The fourth-order valence-corrected chi connectivity index (χ4v) is 5.71. The highest BCUT2D eigenvalue weighted by Gasteiger charge is 2.38. The van der Waals surface area contributed by atoms with Crippen molar-refractivity contribution in [1.82, 2.24) is 24.5 Å². The summed E-state index contributed by atoms with van der Waals surface area (Å²) in [5.74, 6) is -0.709. The molecule has 1 aromatic carbocycles. The Hall–Kier alpha value is -3.70. The third-order valence-electron chi connectivity index (χ3n) is 8.11. The van der Waals surface area contributed by atoms with Gasteiger partial charge in [-0.25, -0.2) is 9.37 Å². The van der Waals surface area contributed by atoms with Crippen LogP contribution in [-0.4, -0.2) is 74.7 Å². The van der Waals surface area contributed by atoms with Gasteiger partial charge >= 0.3 is 5.97 Å². The summed E-state index contributed by atoms with van der Waals surface area (Å²) in [6, 6.07) is 5.09. The minimum absolute atomic E-state index is 0.0593. The number of hydrogen-bond donors (Lipinski definition) is 2. The highest BCUT2D eigenvalue weighted by atomic mass is 35.5. The maximum atomic E-state index is 14.7. The number of carbonyl (C=O) groups is 1. The van der Waals surface area contributed by atoms with Gasteiger partial charge in [-0.05, 0) is 53.2 Å². The van der Waals surface area contributed by atoms with E-state index in [-0.39, 0.29) is 40.6 Å². The van der Waals surface area contributed by atoms with E-state index in [9.17, 15) is 9.18 Å². The number of aryl methyl sites for hydroxylation is 1. The number of nitrogens with zero attached hydrogens (tertiary/aromatic N) is 5. The number of carbonyl (C=O) groups excluding carboxylic acids is 1. The zero-order valence-electron chi connectivity index (χ0n) is 26.2. The summed E-state index contributed by atoms with van der Waals surface area (Å²) in [5, 5.41) is 8.62. The normalized spacial score (nSPS) is 16.8. The summed E-state index contributed by atoms with van der Waals surface area (Å²) < 4.78 is 29.4. The molecule has 2 unspecified atom stereocenters. The van der Waals surface area contributed by atoms with Crippen LogP contribution in [0.4, 0.5) is 10.2 Å². The van der Waals surface area contributed by atoms with E-state index in [0.29, 0.717) is 34.4 Å². The van der Waals surface area contributed by atoms with Gasteiger partial charge in [-0.1, -0.05) is 38.8 Å². The molecular formula is C30H31B4ClFN7O3. The lowest BCUT2D eigenvalue weighted by Gasteiger charge is -2.31. The Kier molecular flexibility index (Phi) is 9.13. The minimum atomic E-state index is -1.81. The molecule has 4 heterocycles. The number of pyridine rings is 1. The zero-order chi connectivity index (χ0) is 33.7. The molecule has 5 rings (SSSR count). The van der Waals surface area contributed by atoms with Crippen LogP contribution in [0.3, 0.4) is 0 Å². The van der Waals surface area contributed by atoms with Gasteiger partial charge in [0.05, 0.1) is 42.8 Å². The van der Waals surface area contributed by atoms with Crippen LogP contribution >= 0.6 is 11.6 Å². The molecule has 230 valence electrons. The molecule has 0 saturated heterocycles. The average molecular weight is 635 g/mol. The van der Waals surface area contributed by atoms with Crippen molar-refractivity contribution in [3.8, 4) is 28.3 Å². The minimum Gasteiger partial charge on any atom is -0.482 e. The number of rotatable bonds is 7. The molecule has 2 bridgehead atoms. The van der Waals surface area contributed by atoms with Gasteiger partial charge in [0, 0.05) is 41.7 Å². The monoisotopic (exact) mass is 635 g/mol. The standard InChI is InChI=1S/C30H31B4ClFN7O3/c1-6-14(2)23(37)28(44)45-13-39-27-21-9-16(11-38-27)25-22(26(35)41-43(25)29(4,31)32)30(33,34)20-12-42(5)40-24(20)18-8-7-17(36)10-19(18)15(3)46-21/h7-12,14-15,23H,6,13,37H2,1-5H3,(H,38,39)/t14?,15-,23?/m1/s1. The number of aromatic nitrogens is 5. The van der Waals surface area contributed by atoms with E-state index in [2.05, 4.69) is 20.5 Å². The molecule has 3 aromatic heterocycles. The molecule has 46 heavy (non-hydrogen) atoms. The number of nitrogens with one attached hydrogen (secondary N) is 1. The quantitative estimate of drug-likeness (QED) is 0.180. The van der Waals surface area contributed by atoms with Gasteiger partial charge < -0.3 is 20.5 Å². The van der Waals surface area contributed by atoms with Crippen molar-refractivity contribution in [2.75, 3.05) is 12.0 Å². The Labute approximate surface area is 277 Å². The molecular weight excluding hydrogens is 604 g/mol. The summed E-state index contributed by atoms with van der Waals surface area (Å²) in [6.07, 6.45) is 3.11. The molecule has 4 aromatic rings. The van der Waals surface area contributed by atoms with Gasteiger partial charge in [-0.2, -0.15) is 10.2 Å². The van der Waals surface area contributed by atoms with E-state index in [1.54, 1.807) is 37.0 Å². The second kappa shape index (κ2) is 12.5. The fourth-order valence-electron chi connectivity index (χ4n) is 5.39. The van der Waals surface area contributed by atoms with E-state index in [1.807, 2.05) is 13.8 Å². The first-order valence-electron chi connectivity index (χ1n) is 14.7. The lowest BCUT2D eigenvalue weighted by Crippen LogP contribution is -2.38. The van der Waals surface area contributed by atoms with Crippen molar-refractivity contribution in [2.45, 2.75) is 56.8 Å². The largest absolute Gasteiger partial charge is 0.482 e. The van der Waals surface area contributed by atoms with Crippen molar-refractivity contribution in [3.63, 3.8) is 0 Å². The second-order valence-corrected chi connectivity index (χ2v) is 12.2. The van der Waals surface area contributed by atoms with Crippen LogP contribution in [0, 0.1) is 11.7 Å². The second-order valence-electron chi connectivity index (χ2n) is 11.8. The first-order valence-corrected chi connectivity index (χ1v) is 15.0. The highest BCUT2D eigenvalue weighted by Crippen LogP contribution is 2.46. The Morgan fingerprint density at radius 3 is 2.70 bits per heavy atom. The molecule has 0 saturated carbocycles. The smallest absolute Gasteiger partial charge is 0.324 e. The van der Waals surface area contributed by atoms with E-state index >= 15 is 0 Å². The van der Waals surface area contributed by atoms with Crippen molar-refractivity contribution in [2.24, 2.45) is 18.7 Å². The van der Waals surface area contributed by atoms with Crippen LogP contribution < -0.4 is 15.8 Å². The third kappa shape index (κ3) is 6.19. The Balaban J connectivity index is 1.72. The summed E-state index contributed by atoms with van der Waals surface area (Å²) in [4.78, 5) is 17.1. The van der Waals surface area contributed by atoms with Crippen LogP contribution in [0.15, 0.2) is 36.7 Å². The number of fused-ring (bicyclic) bond motifs is 7. The SMILES string of the molecule is [B]C1([B])c2cn(C)nc2-c2ccc(F)cc2[C@@H](C)Oc2cc(cnc2NCOC(=O)C(N)C(C)CC)-c2c1c(Cl)nn2C([B])([B])C. The number of halogens is 2. The van der Waals surface area contributed by atoms with Crippen molar-refractivity contribution < 1.29 is 18.7 Å². The van der Waals surface area contributed by atoms with Gasteiger partial charge in [-0.15, -0.1) is 0 Å². The van der Waals surface area contributed by atoms with Crippen molar-refractivity contribution >= 4 is 54.8 Å². The van der Waals surface area contributed by atoms with Gasteiger partial charge in [-0.3, -0.25) is 14.2 Å². The highest BCUT2D eigenvalue weighted by molar-refractivity contribution is 6.45. The maximum Gasteiger partial charge on any atom is 0.324 e. The summed E-state index contributed by atoms with van der Waals surface area (Å²) in [6.45, 7) is 6.83. The average Bonchev–Trinajstić information content (AvgIpc) is 3.57. The van der Waals surface area contributed by atoms with E-state index in [0.717, 1.165) is 0 Å².